The van der Waals surface area contributed by atoms with E-state index in [0.717, 1.165) is 18.8 Å². The number of rotatable bonds is 6. The molecule has 0 aliphatic rings. The molecule has 0 nitrogen and oxygen atoms in total. The summed E-state index contributed by atoms with van der Waals surface area (Å²) in [5.74, 6) is 1.23. The third-order valence-corrected chi connectivity index (χ3v) is 3.30. The fourth-order valence-electron chi connectivity index (χ4n) is 2.02. The Labute approximate surface area is 112 Å². The van der Waals surface area contributed by atoms with Gasteiger partial charge in [-0.25, -0.2) is 0 Å². The minimum absolute atomic E-state index is 0.493. The lowest BCUT2D eigenvalue weighted by Crippen LogP contribution is -1.94. The molecule has 0 heterocycles. The van der Waals surface area contributed by atoms with Crippen LogP contribution in [0, 0.1) is 12.8 Å². The molecule has 0 aliphatic heterocycles. The highest BCUT2D eigenvalue weighted by Crippen LogP contribution is 2.21. The summed E-state index contributed by atoms with van der Waals surface area (Å²) in [5.41, 5.74) is 4.15. The third-order valence-electron chi connectivity index (χ3n) is 3.30. The quantitative estimate of drug-likeness (QED) is 0.583. The second-order valence-electron chi connectivity index (χ2n) is 5.53. The summed E-state index contributed by atoms with van der Waals surface area (Å²) in [4.78, 5) is 0. The zero-order valence-electron chi connectivity index (χ0n) is 12.2. The largest absolute Gasteiger partial charge is 0.103 e. The predicted octanol–water partition coefficient (Wildman–Crippen LogP) is 5.43. The lowest BCUT2D eigenvalue weighted by Gasteiger charge is -2.11. The van der Waals surface area contributed by atoms with Crippen molar-refractivity contribution in [3.63, 3.8) is 0 Å². The summed E-state index contributed by atoms with van der Waals surface area (Å²) in [7, 11) is 0. The van der Waals surface area contributed by atoms with Crippen LogP contribution in [0.3, 0.4) is 0 Å². The van der Waals surface area contributed by atoms with Crippen LogP contribution >= 0.6 is 0 Å². The highest BCUT2D eigenvalue weighted by atomic mass is 14.1. The van der Waals surface area contributed by atoms with E-state index in [4.69, 9.17) is 0 Å². The first-order valence-electron chi connectivity index (χ1n) is 6.91. The van der Waals surface area contributed by atoms with E-state index in [1.807, 2.05) is 6.08 Å². The molecule has 1 rings (SSSR count). The summed E-state index contributed by atoms with van der Waals surface area (Å²) in [6.07, 6.45) is 8.73. The van der Waals surface area contributed by atoms with E-state index >= 15 is 0 Å². The van der Waals surface area contributed by atoms with Gasteiger partial charge in [-0.1, -0.05) is 57.2 Å². The van der Waals surface area contributed by atoms with Crippen molar-refractivity contribution in [3.8, 4) is 0 Å². The van der Waals surface area contributed by atoms with Crippen LogP contribution in [0.25, 0.3) is 0 Å². The molecule has 0 saturated carbocycles. The van der Waals surface area contributed by atoms with Crippen LogP contribution < -0.4 is 0 Å². The molecule has 0 saturated heterocycles. The summed E-state index contributed by atoms with van der Waals surface area (Å²) >= 11 is 0. The van der Waals surface area contributed by atoms with E-state index in [1.165, 1.54) is 16.7 Å². The molecule has 0 aromatic heterocycles. The van der Waals surface area contributed by atoms with Crippen molar-refractivity contribution in [1.82, 2.24) is 0 Å². The first kappa shape index (κ1) is 14.8. The molecule has 0 N–H and O–H groups in total. The summed E-state index contributed by atoms with van der Waals surface area (Å²) in [6, 6.07) is 6.79. The lowest BCUT2D eigenvalue weighted by atomic mass is 9.94. The van der Waals surface area contributed by atoms with Gasteiger partial charge < -0.3 is 0 Å². The Bertz CT molecular complexity index is 410. The van der Waals surface area contributed by atoms with Gasteiger partial charge >= 0.3 is 0 Å². The maximum absolute atomic E-state index is 3.83. The molecule has 0 aliphatic carbocycles. The second kappa shape index (κ2) is 7.20. The van der Waals surface area contributed by atoms with Gasteiger partial charge in [-0.15, -0.1) is 6.58 Å². The topological polar surface area (TPSA) is 0 Å². The number of benzene rings is 1. The molecule has 98 valence electrons. The summed E-state index contributed by atoms with van der Waals surface area (Å²) in [5, 5.41) is 0. The Morgan fingerprint density at radius 3 is 2.56 bits per heavy atom. The molecule has 1 aromatic carbocycles. The number of allylic oxidation sites excluding steroid dienone is 3. The number of aryl methyl sites for hydroxylation is 1. The molecule has 0 spiro atoms. The monoisotopic (exact) mass is 242 g/mol. The molecule has 0 amide bonds. The van der Waals surface area contributed by atoms with Gasteiger partial charge in [0.2, 0.25) is 0 Å². The van der Waals surface area contributed by atoms with Crippen molar-refractivity contribution in [2.45, 2.75) is 46.5 Å². The Kier molecular flexibility index (Phi) is 5.91. The zero-order valence-corrected chi connectivity index (χ0v) is 12.2. The van der Waals surface area contributed by atoms with Crippen molar-refractivity contribution in [2.75, 3.05) is 0 Å². The molecule has 0 heteroatoms. The normalized spacial score (nSPS) is 13.2. The first-order chi connectivity index (χ1) is 8.54. The molecule has 18 heavy (non-hydrogen) atoms. The Morgan fingerprint density at radius 2 is 1.94 bits per heavy atom. The summed E-state index contributed by atoms with van der Waals surface area (Å²) < 4.78 is 0. The van der Waals surface area contributed by atoms with Gasteiger partial charge in [-0.2, -0.15) is 0 Å². The maximum atomic E-state index is 3.83. The molecule has 0 bridgehead atoms. The number of hydrogen-bond acceptors (Lipinski definition) is 0. The Hall–Kier alpha value is -1.30. The fraction of sp³-hybridized carbons (Fsp3) is 0.444. The van der Waals surface area contributed by atoms with Crippen molar-refractivity contribution < 1.29 is 0 Å². The second-order valence-corrected chi connectivity index (χ2v) is 5.53. The van der Waals surface area contributed by atoms with Crippen LogP contribution in [0.15, 0.2) is 43.0 Å². The molecular formula is C18H26. The smallest absolute Gasteiger partial charge is 0.00103 e. The van der Waals surface area contributed by atoms with Crippen LogP contribution in [0.5, 0.6) is 0 Å². The van der Waals surface area contributed by atoms with Gasteiger partial charge in [0, 0.05) is 0 Å². The van der Waals surface area contributed by atoms with E-state index in [9.17, 15) is 0 Å². The van der Waals surface area contributed by atoms with Gasteiger partial charge in [0.1, 0.15) is 0 Å². The van der Waals surface area contributed by atoms with Crippen molar-refractivity contribution >= 4 is 0 Å². The molecule has 0 radical (unpaired) electrons. The van der Waals surface area contributed by atoms with Crippen LogP contribution in [-0.2, 0) is 6.42 Å². The average molecular weight is 242 g/mol. The fourth-order valence-corrected chi connectivity index (χ4v) is 2.02. The maximum Gasteiger partial charge on any atom is -0.00103 e. The highest BCUT2D eigenvalue weighted by Gasteiger charge is 2.04. The van der Waals surface area contributed by atoms with E-state index in [2.05, 4.69) is 64.6 Å². The standard InChI is InChI=1S/C18H26/c1-6-8-17-13-18(12-11-16(17)5)15(4)10-7-9-14(2)3/h6-7,10-15H,1,8-9H2,2-5H3/b10-7-. The van der Waals surface area contributed by atoms with Crippen LogP contribution in [0.4, 0.5) is 0 Å². The Morgan fingerprint density at radius 1 is 1.22 bits per heavy atom. The lowest BCUT2D eigenvalue weighted by molar-refractivity contribution is 0.661. The Balaban J connectivity index is 2.79. The molecule has 1 atom stereocenters. The summed E-state index contributed by atoms with van der Waals surface area (Å²) in [6.45, 7) is 12.8. The SMILES string of the molecule is C=CCc1cc(C(C)/C=C\CC(C)C)ccc1C. The molecular weight excluding hydrogens is 216 g/mol. The van der Waals surface area contributed by atoms with E-state index in [0.29, 0.717) is 5.92 Å². The molecule has 0 fully saturated rings. The first-order valence-corrected chi connectivity index (χ1v) is 6.91. The highest BCUT2D eigenvalue weighted by molar-refractivity contribution is 5.35. The van der Waals surface area contributed by atoms with Gasteiger partial charge in [0.05, 0.1) is 0 Å². The van der Waals surface area contributed by atoms with Gasteiger partial charge in [-0.3, -0.25) is 0 Å². The predicted molar refractivity (Wildman–Crippen MR) is 82.1 cm³/mol. The van der Waals surface area contributed by atoms with E-state index < -0.39 is 0 Å². The van der Waals surface area contributed by atoms with E-state index in [-0.39, 0.29) is 0 Å². The van der Waals surface area contributed by atoms with E-state index in [1.54, 1.807) is 0 Å². The van der Waals surface area contributed by atoms with Gasteiger partial charge in [0.25, 0.3) is 0 Å². The minimum Gasteiger partial charge on any atom is -0.103 e. The number of hydrogen-bond donors (Lipinski definition) is 0. The van der Waals surface area contributed by atoms with Gasteiger partial charge in [-0.05, 0) is 48.3 Å². The molecule has 1 aromatic rings. The average Bonchev–Trinajstić information content (AvgIpc) is 2.31. The van der Waals surface area contributed by atoms with Crippen molar-refractivity contribution in [2.24, 2.45) is 5.92 Å². The van der Waals surface area contributed by atoms with Gasteiger partial charge in [0.15, 0.2) is 0 Å². The third kappa shape index (κ3) is 4.52. The van der Waals surface area contributed by atoms with Crippen LogP contribution in [-0.4, -0.2) is 0 Å². The minimum atomic E-state index is 0.493. The van der Waals surface area contributed by atoms with Crippen molar-refractivity contribution in [3.05, 3.63) is 59.7 Å². The zero-order chi connectivity index (χ0) is 13.5. The molecule has 1 unspecified atom stereocenters. The van der Waals surface area contributed by atoms with Crippen LogP contribution in [0.2, 0.25) is 0 Å². The van der Waals surface area contributed by atoms with Crippen LogP contribution in [0.1, 0.15) is 49.8 Å². The van der Waals surface area contributed by atoms with Crippen molar-refractivity contribution in [1.29, 1.82) is 0 Å².